The van der Waals surface area contributed by atoms with Crippen molar-refractivity contribution >= 4 is 5.91 Å². The van der Waals surface area contributed by atoms with Gasteiger partial charge in [0.1, 0.15) is 24.7 Å². The SMILES string of the molecule is Cc1ccccc1OCCN(C)C(=O)c1ccc(OCc2cccnc2)cc1. The number of hydrogen-bond acceptors (Lipinski definition) is 4. The average molecular weight is 376 g/mol. The zero-order chi connectivity index (χ0) is 19.8. The molecule has 2 aromatic carbocycles. The highest BCUT2D eigenvalue weighted by Gasteiger charge is 2.12. The van der Waals surface area contributed by atoms with Gasteiger partial charge in [-0.2, -0.15) is 0 Å². The van der Waals surface area contributed by atoms with Crippen LogP contribution in [0.15, 0.2) is 73.1 Å². The lowest BCUT2D eigenvalue weighted by Crippen LogP contribution is -2.30. The molecular formula is C23H24N2O3. The van der Waals surface area contributed by atoms with Crippen LogP contribution in [0.5, 0.6) is 11.5 Å². The van der Waals surface area contributed by atoms with Crippen LogP contribution in [0.3, 0.4) is 0 Å². The Kier molecular flexibility index (Phi) is 6.63. The first-order chi connectivity index (χ1) is 13.6. The number of likely N-dealkylation sites (N-methyl/N-ethyl adjacent to an activating group) is 1. The van der Waals surface area contributed by atoms with Crippen LogP contribution in [0.4, 0.5) is 0 Å². The van der Waals surface area contributed by atoms with Crippen LogP contribution < -0.4 is 9.47 Å². The van der Waals surface area contributed by atoms with E-state index in [0.717, 1.165) is 16.9 Å². The van der Waals surface area contributed by atoms with Gasteiger partial charge >= 0.3 is 0 Å². The first kappa shape index (κ1) is 19.4. The van der Waals surface area contributed by atoms with E-state index < -0.39 is 0 Å². The molecule has 0 spiro atoms. The third kappa shape index (κ3) is 5.33. The van der Waals surface area contributed by atoms with Crippen molar-refractivity contribution in [3.05, 3.63) is 89.7 Å². The van der Waals surface area contributed by atoms with Crippen molar-refractivity contribution in [1.82, 2.24) is 9.88 Å². The standard InChI is InChI=1S/C23H24N2O3/c1-18-6-3-4-8-22(18)27-15-14-25(2)23(26)20-9-11-21(12-10-20)28-17-19-7-5-13-24-16-19/h3-13,16H,14-15,17H2,1-2H3. The van der Waals surface area contributed by atoms with Crippen LogP contribution in [-0.2, 0) is 6.61 Å². The maximum atomic E-state index is 12.6. The molecule has 0 aliphatic carbocycles. The van der Waals surface area contributed by atoms with Gasteiger partial charge in [-0.05, 0) is 48.9 Å². The average Bonchev–Trinajstić information content (AvgIpc) is 2.74. The summed E-state index contributed by atoms with van der Waals surface area (Å²) in [5.41, 5.74) is 2.70. The second kappa shape index (κ2) is 9.55. The van der Waals surface area contributed by atoms with Gasteiger partial charge in [-0.15, -0.1) is 0 Å². The molecule has 0 aliphatic heterocycles. The van der Waals surface area contributed by atoms with Crippen LogP contribution in [0.25, 0.3) is 0 Å². The summed E-state index contributed by atoms with van der Waals surface area (Å²) in [5, 5.41) is 0. The minimum atomic E-state index is -0.0489. The van der Waals surface area contributed by atoms with Gasteiger partial charge in [0, 0.05) is 30.6 Å². The van der Waals surface area contributed by atoms with Gasteiger partial charge < -0.3 is 14.4 Å². The Balaban J connectivity index is 1.48. The quantitative estimate of drug-likeness (QED) is 0.593. The Bertz CT molecular complexity index is 895. The number of para-hydroxylation sites is 1. The summed E-state index contributed by atoms with van der Waals surface area (Å²) >= 11 is 0. The predicted octanol–water partition coefficient (Wildman–Crippen LogP) is 4.12. The number of benzene rings is 2. The van der Waals surface area contributed by atoms with E-state index in [1.165, 1.54) is 0 Å². The molecule has 0 atom stereocenters. The molecule has 144 valence electrons. The van der Waals surface area contributed by atoms with E-state index in [1.54, 1.807) is 48.6 Å². The van der Waals surface area contributed by atoms with Gasteiger partial charge in [0.25, 0.3) is 5.91 Å². The fourth-order valence-corrected chi connectivity index (χ4v) is 2.68. The molecular weight excluding hydrogens is 352 g/mol. The zero-order valence-electron chi connectivity index (χ0n) is 16.2. The Labute approximate surface area is 165 Å². The summed E-state index contributed by atoms with van der Waals surface area (Å²) in [6.45, 7) is 3.39. The minimum Gasteiger partial charge on any atom is -0.491 e. The number of carbonyl (C=O) groups is 1. The number of nitrogens with zero attached hydrogens (tertiary/aromatic N) is 2. The van der Waals surface area contributed by atoms with Gasteiger partial charge in [-0.3, -0.25) is 9.78 Å². The molecule has 1 aromatic heterocycles. The Hall–Kier alpha value is -3.34. The largest absolute Gasteiger partial charge is 0.491 e. The van der Waals surface area contributed by atoms with E-state index in [-0.39, 0.29) is 5.91 Å². The van der Waals surface area contributed by atoms with Gasteiger partial charge in [0.15, 0.2) is 0 Å². The van der Waals surface area contributed by atoms with Crippen LogP contribution in [0.2, 0.25) is 0 Å². The maximum Gasteiger partial charge on any atom is 0.253 e. The second-order valence-electron chi connectivity index (χ2n) is 6.51. The summed E-state index contributed by atoms with van der Waals surface area (Å²) in [4.78, 5) is 18.3. The van der Waals surface area contributed by atoms with Crippen molar-refractivity contribution in [1.29, 1.82) is 0 Å². The van der Waals surface area contributed by atoms with E-state index in [4.69, 9.17) is 9.47 Å². The molecule has 3 rings (SSSR count). The number of rotatable bonds is 8. The molecule has 0 saturated carbocycles. The van der Waals surface area contributed by atoms with Crippen molar-refractivity contribution in [2.75, 3.05) is 20.2 Å². The fourth-order valence-electron chi connectivity index (χ4n) is 2.68. The molecule has 0 aliphatic rings. The third-order valence-corrected chi connectivity index (χ3v) is 4.35. The van der Waals surface area contributed by atoms with Crippen molar-refractivity contribution in [3.8, 4) is 11.5 Å². The Morgan fingerprint density at radius 1 is 1.00 bits per heavy atom. The highest BCUT2D eigenvalue weighted by molar-refractivity contribution is 5.94. The van der Waals surface area contributed by atoms with Crippen LogP contribution in [-0.4, -0.2) is 36.0 Å². The number of pyridine rings is 1. The van der Waals surface area contributed by atoms with E-state index in [0.29, 0.717) is 31.1 Å². The van der Waals surface area contributed by atoms with Gasteiger partial charge in [-0.25, -0.2) is 0 Å². The fraction of sp³-hybridized carbons (Fsp3) is 0.217. The molecule has 1 heterocycles. The summed E-state index contributed by atoms with van der Waals surface area (Å²) in [7, 11) is 1.77. The first-order valence-corrected chi connectivity index (χ1v) is 9.19. The number of amides is 1. The number of ether oxygens (including phenoxy) is 2. The van der Waals surface area contributed by atoms with E-state index in [1.807, 2.05) is 43.3 Å². The van der Waals surface area contributed by atoms with Crippen molar-refractivity contribution in [2.45, 2.75) is 13.5 Å². The van der Waals surface area contributed by atoms with Gasteiger partial charge in [-0.1, -0.05) is 24.3 Å². The van der Waals surface area contributed by atoms with E-state index >= 15 is 0 Å². The third-order valence-electron chi connectivity index (χ3n) is 4.35. The smallest absolute Gasteiger partial charge is 0.253 e. The molecule has 3 aromatic rings. The maximum absolute atomic E-state index is 12.6. The Morgan fingerprint density at radius 3 is 2.50 bits per heavy atom. The molecule has 1 amide bonds. The molecule has 0 bridgehead atoms. The van der Waals surface area contributed by atoms with Gasteiger partial charge in [0.2, 0.25) is 0 Å². The lowest BCUT2D eigenvalue weighted by molar-refractivity contribution is 0.0773. The lowest BCUT2D eigenvalue weighted by Gasteiger charge is -2.18. The summed E-state index contributed by atoms with van der Waals surface area (Å²) in [6, 6.07) is 18.8. The lowest BCUT2D eigenvalue weighted by atomic mass is 10.2. The number of hydrogen-bond donors (Lipinski definition) is 0. The Morgan fingerprint density at radius 2 is 1.79 bits per heavy atom. The molecule has 0 unspecified atom stereocenters. The molecule has 28 heavy (non-hydrogen) atoms. The summed E-state index contributed by atoms with van der Waals surface area (Å²) < 4.78 is 11.5. The molecule has 0 N–H and O–H groups in total. The van der Waals surface area contributed by atoms with E-state index in [2.05, 4.69) is 4.98 Å². The van der Waals surface area contributed by atoms with E-state index in [9.17, 15) is 4.79 Å². The van der Waals surface area contributed by atoms with Gasteiger partial charge in [0.05, 0.1) is 6.54 Å². The van der Waals surface area contributed by atoms with Crippen LogP contribution >= 0.6 is 0 Å². The summed E-state index contributed by atoms with van der Waals surface area (Å²) in [5.74, 6) is 1.51. The van der Waals surface area contributed by atoms with Crippen molar-refractivity contribution in [3.63, 3.8) is 0 Å². The number of aromatic nitrogens is 1. The zero-order valence-corrected chi connectivity index (χ0v) is 16.2. The summed E-state index contributed by atoms with van der Waals surface area (Å²) in [6.07, 6.45) is 3.50. The first-order valence-electron chi connectivity index (χ1n) is 9.19. The minimum absolute atomic E-state index is 0.0489. The highest BCUT2D eigenvalue weighted by atomic mass is 16.5. The molecule has 0 saturated heterocycles. The highest BCUT2D eigenvalue weighted by Crippen LogP contribution is 2.17. The van der Waals surface area contributed by atoms with Crippen molar-refractivity contribution < 1.29 is 14.3 Å². The molecule has 5 nitrogen and oxygen atoms in total. The predicted molar refractivity (Wildman–Crippen MR) is 109 cm³/mol. The topological polar surface area (TPSA) is 51.7 Å². The number of aryl methyl sites for hydroxylation is 1. The number of carbonyl (C=O) groups excluding carboxylic acids is 1. The molecule has 5 heteroatoms. The molecule has 0 fully saturated rings. The normalized spacial score (nSPS) is 10.4. The second-order valence-corrected chi connectivity index (χ2v) is 6.51. The molecule has 0 radical (unpaired) electrons. The van der Waals surface area contributed by atoms with Crippen LogP contribution in [0.1, 0.15) is 21.5 Å². The van der Waals surface area contributed by atoms with Crippen molar-refractivity contribution in [2.24, 2.45) is 0 Å². The monoisotopic (exact) mass is 376 g/mol. The van der Waals surface area contributed by atoms with Crippen LogP contribution in [0, 0.1) is 6.92 Å².